The van der Waals surface area contributed by atoms with Crippen molar-refractivity contribution in [1.29, 1.82) is 0 Å². The molecule has 1 N–H and O–H groups in total. The summed E-state index contributed by atoms with van der Waals surface area (Å²) < 4.78 is 0. The van der Waals surface area contributed by atoms with Crippen molar-refractivity contribution in [3.05, 3.63) is 71.3 Å². The smallest absolute Gasteiger partial charge is 0.242 e. The van der Waals surface area contributed by atoms with Crippen LogP contribution >= 0.6 is 0 Å². The van der Waals surface area contributed by atoms with Crippen LogP contribution in [0.25, 0.3) is 0 Å². The minimum atomic E-state index is -0.239. The number of aliphatic hydroxyl groups is 1. The van der Waals surface area contributed by atoms with E-state index >= 15 is 0 Å². The van der Waals surface area contributed by atoms with E-state index in [-0.39, 0.29) is 49.4 Å². The van der Waals surface area contributed by atoms with Crippen molar-refractivity contribution in [2.75, 3.05) is 19.7 Å². The molecule has 3 atom stereocenters. The van der Waals surface area contributed by atoms with Gasteiger partial charge in [0.1, 0.15) is 0 Å². The second kappa shape index (κ2) is 8.95. The highest BCUT2D eigenvalue weighted by atomic mass is 16.3. The van der Waals surface area contributed by atoms with E-state index in [1.165, 1.54) is 0 Å². The third-order valence-electron chi connectivity index (χ3n) is 6.10. The maximum Gasteiger partial charge on any atom is 0.242 e. The lowest BCUT2D eigenvalue weighted by Gasteiger charge is -2.58. The summed E-state index contributed by atoms with van der Waals surface area (Å²) >= 11 is 0. The standard InChI is InChI=1S/C26H28N2O3/c1-18(2)8-9-19-10-12-21(13-11-19)26-22-15-27(16-25(31)28(22)23(26)17-29)24(30)14-20-6-4-3-5-7-20/h3-7,10-13,18,22-23,26,29H,14-17H2,1-2H3/t22-,23-,26+/m0/s1. The fourth-order valence-corrected chi connectivity index (χ4v) is 4.59. The Morgan fingerprint density at radius 2 is 1.84 bits per heavy atom. The van der Waals surface area contributed by atoms with Crippen molar-refractivity contribution in [2.45, 2.75) is 38.3 Å². The van der Waals surface area contributed by atoms with Gasteiger partial charge in [0, 0.05) is 23.9 Å². The molecule has 0 aliphatic carbocycles. The Balaban J connectivity index is 1.50. The molecule has 4 rings (SSSR count). The van der Waals surface area contributed by atoms with E-state index in [9.17, 15) is 14.7 Å². The van der Waals surface area contributed by atoms with Gasteiger partial charge in [0.25, 0.3) is 0 Å². The molecule has 0 radical (unpaired) electrons. The molecule has 2 heterocycles. The fraction of sp³-hybridized carbons (Fsp3) is 0.385. The van der Waals surface area contributed by atoms with Gasteiger partial charge in [0.15, 0.2) is 0 Å². The number of fused-ring (bicyclic) bond motifs is 1. The van der Waals surface area contributed by atoms with Crippen LogP contribution in [0.3, 0.4) is 0 Å². The van der Waals surface area contributed by atoms with Gasteiger partial charge in [-0.05, 0) is 23.3 Å². The van der Waals surface area contributed by atoms with Crippen molar-refractivity contribution < 1.29 is 14.7 Å². The number of nitrogens with zero attached hydrogens (tertiary/aromatic N) is 2. The first-order chi connectivity index (χ1) is 15.0. The second-order valence-corrected chi connectivity index (χ2v) is 8.63. The predicted octanol–water partition coefficient (Wildman–Crippen LogP) is 2.43. The zero-order valence-electron chi connectivity index (χ0n) is 18.0. The van der Waals surface area contributed by atoms with Gasteiger partial charge < -0.3 is 14.9 Å². The lowest BCUT2D eigenvalue weighted by Crippen LogP contribution is -2.73. The van der Waals surface area contributed by atoms with Crippen LogP contribution in [0.15, 0.2) is 54.6 Å². The monoisotopic (exact) mass is 416 g/mol. The molecule has 0 spiro atoms. The molecule has 2 aliphatic heterocycles. The number of carbonyl (C=O) groups excluding carboxylic acids is 2. The van der Waals surface area contributed by atoms with Crippen molar-refractivity contribution >= 4 is 11.8 Å². The molecule has 0 aromatic heterocycles. The Kier molecular flexibility index (Phi) is 6.11. The minimum absolute atomic E-state index is 0.00776. The molecule has 5 nitrogen and oxygen atoms in total. The maximum atomic E-state index is 12.8. The van der Waals surface area contributed by atoms with Gasteiger partial charge in [-0.1, -0.05) is 68.2 Å². The molecule has 160 valence electrons. The van der Waals surface area contributed by atoms with Crippen LogP contribution in [0.5, 0.6) is 0 Å². The number of piperazine rings is 1. The van der Waals surface area contributed by atoms with Crippen LogP contribution in [0.4, 0.5) is 0 Å². The molecule has 0 unspecified atom stereocenters. The predicted molar refractivity (Wildman–Crippen MR) is 119 cm³/mol. The molecule has 2 amide bonds. The summed E-state index contributed by atoms with van der Waals surface area (Å²) in [5.41, 5.74) is 2.97. The van der Waals surface area contributed by atoms with Gasteiger partial charge in [0.2, 0.25) is 11.8 Å². The first-order valence-corrected chi connectivity index (χ1v) is 10.8. The number of hydrogen-bond donors (Lipinski definition) is 1. The molecule has 31 heavy (non-hydrogen) atoms. The topological polar surface area (TPSA) is 60.9 Å². The van der Waals surface area contributed by atoms with Crippen LogP contribution in [-0.2, 0) is 16.0 Å². The van der Waals surface area contributed by atoms with E-state index in [2.05, 4.69) is 25.7 Å². The summed E-state index contributed by atoms with van der Waals surface area (Å²) in [6, 6.07) is 17.3. The fourth-order valence-electron chi connectivity index (χ4n) is 4.59. The molecule has 2 fully saturated rings. The van der Waals surface area contributed by atoms with Gasteiger partial charge in [-0.25, -0.2) is 0 Å². The molecule has 0 saturated carbocycles. The minimum Gasteiger partial charge on any atom is -0.394 e. The molecule has 2 aromatic rings. The molecule has 2 aliphatic rings. The average Bonchev–Trinajstić information content (AvgIpc) is 2.75. The van der Waals surface area contributed by atoms with Crippen molar-refractivity contribution in [3.8, 4) is 11.8 Å². The summed E-state index contributed by atoms with van der Waals surface area (Å²) in [5, 5.41) is 9.95. The SMILES string of the molecule is CC(C)C#Cc1ccc([C@H]2[C@H](CO)N3C(=O)CN(C(=O)Cc4ccccc4)C[C@@H]23)cc1. The van der Waals surface area contributed by atoms with Gasteiger partial charge >= 0.3 is 0 Å². The largest absolute Gasteiger partial charge is 0.394 e. The normalized spacial score (nSPS) is 22.5. The summed E-state index contributed by atoms with van der Waals surface area (Å²) in [5.74, 6) is 6.52. The number of benzene rings is 2. The van der Waals surface area contributed by atoms with Crippen LogP contribution in [0, 0.1) is 17.8 Å². The molecule has 5 heteroatoms. The van der Waals surface area contributed by atoms with E-state index in [4.69, 9.17) is 0 Å². The molecule has 0 bridgehead atoms. The Bertz CT molecular complexity index is 1000. The Hall–Kier alpha value is -3.10. The maximum absolute atomic E-state index is 12.8. The third kappa shape index (κ3) is 4.35. The number of amides is 2. The Morgan fingerprint density at radius 3 is 2.48 bits per heavy atom. The average molecular weight is 417 g/mol. The highest BCUT2D eigenvalue weighted by molar-refractivity contribution is 5.88. The van der Waals surface area contributed by atoms with Crippen LogP contribution in [-0.4, -0.2) is 58.5 Å². The van der Waals surface area contributed by atoms with Gasteiger partial charge in [-0.2, -0.15) is 0 Å². The number of hydrogen-bond acceptors (Lipinski definition) is 3. The lowest BCUT2D eigenvalue weighted by atomic mass is 9.73. The quantitative estimate of drug-likeness (QED) is 0.779. The van der Waals surface area contributed by atoms with Crippen molar-refractivity contribution in [3.63, 3.8) is 0 Å². The molecule has 2 saturated heterocycles. The highest BCUT2D eigenvalue weighted by Gasteiger charge is 2.54. The molecular weight excluding hydrogens is 388 g/mol. The summed E-state index contributed by atoms with van der Waals surface area (Å²) in [6.07, 6.45) is 0.290. The molecule has 2 aromatic carbocycles. The van der Waals surface area contributed by atoms with E-state index in [1.807, 2.05) is 54.6 Å². The molecular formula is C26H28N2O3. The first kappa shape index (κ1) is 21.1. The van der Waals surface area contributed by atoms with E-state index < -0.39 is 0 Å². The van der Waals surface area contributed by atoms with E-state index in [0.717, 1.165) is 16.7 Å². The van der Waals surface area contributed by atoms with Crippen LogP contribution < -0.4 is 0 Å². The lowest BCUT2D eigenvalue weighted by molar-refractivity contribution is -0.166. The van der Waals surface area contributed by atoms with Crippen LogP contribution in [0.2, 0.25) is 0 Å². The second-order valence-electron chi connectivity index (χ2n) is 8.63. The zero-order valence-corrected chi connectivity index (χ0v) is 18.0. The summed E-state index contributed by atoms with van der Waals surface area (Å²) in [4.78, 5) is 29.1. The van der Waals surface area contributed by atoms with E-state index in [1.54, 1.807) is 9.80 Å². The number of carbonyl (C=O) groups is 2. The summed E-state index contributed by atoms with van der Waals surface area (Å²) in [6.45, 7) is 4.60. The van der Waals surface area contributed by atoms with E-state index in [0.29, 0.717) is 12.5 Å². The van der Waals surface area contributed by atoms with Crippen molar-refractivity contribution in [2.24, 2.45) is 5.92 Å². The summed E-state index contributed by atoms with van der Waals surface area (Å²) in [7, 11) is 0. The highest BCUT2D eigenvalue weighted by Crippen LogP contribution is 2.42. The Morgan fingerprint density at radius 1 is 1.13 bits per heavy atom. The van der Waals surface area contributed by atoms with Gasteiger partial charge in [0.05, 0.1) is 31.7 Å². The van der Waals surface area contributed by atoms with Gasteiger partial charge in [-0.15, -0.1) is 0 Å². The Labute approximate surface area is 183 Å². The zero-order chi connectivity index (χ0) is 22.0. The number of aliphatic hydroxyl groups excluding tert-OH is 1. The number of rotatable bonds is 4. The van der Waals surface area contributed by atoms with Crippen LogP contribution in [0.1, 0.15) is 36.5 Å². The first-order valence-electron chi connectivity index (χ1n) is 10.8. The van der Waals surface area contributed by atoms with Gasteiger partial charge in [-0.3, -0.25) is 9.59 Å². The third-order valence-corrected chi connectivity index (χ3v) is 6.10. The van der Waals surface area contributed by atoms with Crippen molar-refractivity contribution in [1.82, 2.24) is 9.80 Å².